The van der Waals surface area contributed by atoms with Crippen LogP contribution in [0.2, 0.25) is 0 Å². The number of hydrogen-bond acceptors (Lipinski definition) is 4. The minimum absolute atomic E-state index is 0.0812. The Bertz CT molecular complexity index is 607. The number of aromatic nitrogens is 3. The van der Waals surface area contributed by atoms with Crippen LogP contribution in [0.4, 0.5) is 0 Å². The zero-order valence-corrected chi connectivity index (χ0v) is 12.6. The normalized spacial score (nSPS) is 23.0. The van der Waals surface area contributed by atoms with Crippen molar-refractivity contribution in [2.75, 3.05) is 0 Å². The summed E-state index contributed by atoms with van der Waals surface area (Å²) in [6.45, 7) is 0.0812. The quantitative estimate of drug-likeness (QED) is 0.903. The Morgan fingerprint density at radius 1 is 1.14 bits per heavy atom. The number of rotatable bonds is 3. The van der Waals surface area contributed by atoms with Gasteiger partial charge in [0.25, 0.3) is 0 Å². The fraction of sp³-hybridized carbons (Fsp3) is 0.562. The van der Waals surface area contributed by atoms with Crippen LogP contribution in [-0.4, -0.2) is 38.2 Å². The molecular weight excluding hydrogens is 280 g/mol. The summed E-state index contributed by atoms with van der Waals surface area (Å²) >= 11 is 0. The third-order valence-corrected chi connectivity index (χ3v) is 4.19. The predicted molar refractivity (Wildman–Crippen MR) is 83.2 cm³/mol. The number of hydrogen-bond donors (Lipinski definition) is 2. The van der Waals surface area contributed by atoms with Gasteiger partial charge in [-0.2, -0.15) is 15.0 Å². The lowest BCUT2D eigenvalue weighted by Crippen LogP contribution is -2.45. The number of fused-ring (bicyclic) bond motifs is 1. The highest BCUT2D eigenvalue weighted by Crippen LogP contribution is 2.17. The molecule has 2 aromatic rings. The van der Waals surface area contributed by atoms with E-state index < -0.39 is 6.10 Å². The average Bonchev–Trinajstić information content (AvgIpc) is 2.89. The summed E-state index contributed by atoms with van der Waals surface area (Å²) in [7, 11) is 0. The molecule has 0 radical (unpaired) electrons. The fourth-order valence-corrected chi connectivity index (χ4v) is 2.99. The average molecular weight is 302 g/mol. The van der Waals surface area contributed by atoms with E-state index in [0.717, 1.165) is 36.7 Å². The van der Waals surface area contributed by atoms with Crippen LogP contribution in [0.1, 0.15) is 38.5 Å². The molecule has 1 fully saturated rings. The monoisotopic (exact) mass is 302 g/mol. The van der Waals surface area contributed by atoms with E-state index in [2.05, 4.69) is 15.5 Å². The zero-order chi connectivity index (χ0) is 15.4. The number of aliphatic hydroxyl groups excluding tert-OH is 1. The fourth-order valence-electron chi connectivity index (χ4n) is 2.99. The van der Waals surface area contributed by atoms with E-state index in [4.69, 9.17) is 0 Å². The summed E-state index contributed by atoms with van der Waals surface area (Å²) in [5.74, 6) is -0.148. The highest BCUT2D eigenvalue weighted by Gasteiger charge is 2.22. The maximum Gasteiger partial charge on any atom is 0.243 e. The molecule has 2 N–H and O–H groups in total. The van der Waals surface area contributed by atoms with E-state index in [1.165, 1.54) is 17.6 Å². The highest BCUT2D eigenvalue weighted by atomic mass is 16.3. The lowest BCUT2D eigenvalue weighted by molar-refractivity contribution is -0.123. The van der Waals surface area contributed by atoms with Gasteiger partial charge in [-0.1, -0.05) is 37.8 Å². The molecule has 22 heavy (non-hydrogen) atoms. The van der Waals surface area contributed by atoms with Gasteiger partial charge in [0.1, 0.15) is 17.6 Å². The molecule has 6 heteroatoms. The van der Waals surface area contributed by atoms with E-state index in [1.807, 2.05) is 24.3 Å². The minimum Gasteiger partial charge on any atom is -0.391 e. The summed E-state index contributed by atoms with van der Waals surface area (Å²) in [5.41, 5.74) is 1.56. The van der Waals surface area contributed by atoms with E-state index in [9.17, 15) is 9.90 Å². The maximum absolute atomic E-state index is 12.2. The Kier molecular flexibility index (Phi) is 4.68. The van der Waals surface area contributed by atoms with Gasteiger partial charge < -0.3 is 10.4 Å². The Hall–Kier alpha value is -1.95. The van der Waals surface area contributed by atoms with Crippen LogP contribution in [0.5, 0.6) is 0 Å². The molecule has 1 aliphatic carbocycles. The van der Waals surface area contributed by atoms with Crippen LogP contribution in [0.15, 0.2) is 24.3 Å². The molecule has 1 heterocycles. The molecule has 2 atom stereocenters. The zero-order valence-electron chi connectivity index (χ0n) is 12.6. The van der Waals surface area contributed by atoms with Crippen molar-refractivity contribution in [3.8, 4) is 0 Å². The van der Waals surface area contributed by atoms with Crippen molar-refractivity contribution >= 4 is 16.9 Å². The molecule has 1 saturated carbocycles. The summed E-state index contributed by atoms with van der Waals surface area (Å²) in [6, 6.07) is 7.38. The van der Waals surface area contributed by atoms with Crippen molar-refractivity contribution in [2.45, 2.75) is 57.2 Å². The second-order valence-electron chi connectivity index (χ2n) is 5.95. The molecule has 0 bridgehead atoms. The minimum atomic E-state index is -0.450. The summed E-state index contributed by atoms with van der Waals surface area (Å²) in [5, 5.41) is 21.7. The summed E-state index contributed by atoms with van der Waals surface area (Å²) in [4.78, 5) is 13.6. The summed E-state index contributed by atoms with van der Waals surface area (Å²) in [6.07, 6.45) is 5.56. The Balaban J connectivity index is 1.61. The van der Waals surface area contributed by atoms with Crippen LogP contribution in [0.25, 0.3) is 11.0 Å². The van der Waals surface area contributed by atoms with Gasteiger partial charge >= 0.3 is 0 Å². The molecule has 118 valence electrons. The van der Waals surface area contributed by atoms with Gasteiger partial charge in [0.15, 0.2) is 0 Å². The first kappa shape index (κ1) is 15.0. The molecule has 0 aliphatic heterocycles. The third-order valence-electron chi connectivity index (χ3n) is 4.19. The summed E-state index contributed by atoms with van der Waals surface area (Å²) < 4.78 is 0. The molecule has 1 amide bonds. The second-order valence-corrected chi connectivity index (χ2v) is 5.95. The van der Waals surface area contributed by atoms with Gasteiger partial charge in [0.05, 0.1) is 12.1 Å². The molecule has 1 aromatic carbocycles. The molecule has 0 spiro atoms. The molecule has 3 rings (SSSR count). The molecule has 1 aromatic heterocycles. The van der Waals surface area contributed by atoms with Gasteiger partial charge in [0.2, 0.25) is 5.91 Å². The smallest absolute Gasteiger partial charge is 0.243 e. The van der Waals surface area contributed by atoms with Crippen molar-refractivity contribution in [1.82, 2.24) is 20.3 Å². The first-order valence-electron chi connectivity index (χ1n) is 8.00. The van der Waals surface area contributed by atoms with Crippen LogP contribution in [0.3, 0.4) is 0 Å². The van der Waals surface area contributed by atoms with Gasteiger partial charge in [-0.05, 0) is 25.0 Å². The first-order chi connectivity index (χ1) is 10.7. The number of aliphatic hydroxyl groups is 1. The van der Waals surface area contributed by atoms with Crippen molar-refractivity contribution in [3.05, 3.63) is 24.3 Å². The second kappa shape index (κ2) is 6.87. The van der Waals surface area contributed by atoms with Crippen molar-refractivity contribution in [1.29, 1.82) is 0 Å². The predicted octanol–water partition coefficient (Wildman–Crippen LogP) is 1.63. The van der Waals surface area contributed by atoms with E-state index in [1.54, 1.807) is 0 Å². The number of carbonyl (C=O) groups is 1. The number of carbonyl (C=O) groups excluding carboxylic acids is 1. The number of amides is 1. The number of benzene rings is 1. The first-order valence-corrected chi connectivity index (χ1v) is 8.00. The Morgan fingerprint density at radius 3 is 2.45 bits per heavy atom. The highest BCUT2D eigenvalue weighted by molar-refractivity contribution is 5.77. The van der Waals surface area contributed by atoms with E-state index in [0.29, 0.717) is 0 Å². The van der Waals surface area contributed by atoms with Crippen molar-refractivity contribution < 1.29 is 9.90 Å². The number of nitrogens with zero attached hydrogens (tertiary/aromatic N) is 3. The topological polar surface area (TPSA) is 80.0 Å². The van der Waals surface area contributed by atoms with Gasteiger partial charge in [-0.3, -0.25) is 4.79 Å². The molecular formula is C16H22N4O2. The molecule has 0 saturated heterocycles. The van der Waals surface area contributed by atoms with Crippen LogP contribution in [0, 0.1) is 0 Å². The van der Waals surface area contributed by atoms with Crippen molar-refractivity contribution in [3.63, 3.8) is 0 Å². The van der Waals surface area contributed by atoms with Crippen LogP contribution >= 0.6 is 0 Å². The molecule has 1 aliphatic rings. The van der Waals surface area contributed by atoms with E-state index >= 15 is 0 Å². The lowest BCUT2D eigenvalue weighted by atomic mass is 9.94. The Labute approximate surface area is 129 Å². The van der Waals surface area contributed by atoms with Gasteiger partial charge in [-0.25, -0.2) is 0 Å². The lowest BCUT2D eigenvalue weighted by Gasteiger charge is -2.26. The maximum atomic E-state index is 12.2. The van der Waals surface area contributed by atoms with E-state index in [-0.39, 0.29) is 18.5 Å². The van der Waals surface area contributed by atoms with Crippen molar-refractivity contribution in [2.24, 2.45) is 0 Å². The van der Waals surface area contributed by atoms with Crippen LogP contribution < -0.4 is 5.32 Å². The standard InChI is InChI=1S/C16H22N4O2/c21-15-10-4-2-1-3-9-14(15)17-16(22)11-20-18-12-7-5-6-8-13(12)19-20/h5-8,14-15,21H,1-4,9-11H2,(H,17,22). The third kappa shape index (κ3) is 3.62. The van der Waals surface area contributed by atoms with Gasteiger partial charge in [-0.15, -0.1) is 0 Å². The number of nitrogens with one attached hydrogen (secondary N) is 1. The van der Waals surface area contributed by atoms with Gasteiger partial charge in [0, 0.05) is 0 Å². The van der Waals surface area contributed by atoms with Crippen LogP contribution in [-0.2, 0) is 11.3 Å². The molecule has 2 unspecified atom stereocenters. The Morgan fingerprint density at radius 2 is 1.77 bits per heavy atom. The SMILES string of the molecule is O=C(Cn1nc2ccccc2n1)NC1CCCCCCC1O. The molecule has 6 nitrogen and oxygen atoms in total. The largest absolute Gasteiger partial charge is 0.391 e.